The van der Waals surface area contributed by atoms with Gasteiger partial charge in [0, 0.05) is 31.5 Å². The Kier molecular flexibility index (Phi) is 5.44. The van der Waals surface area contributed by atoms with E-state index >= 15 is 0 Å². The van der Waals surface area contributed by atoms with Crippen molar-refractivity contribution in [2.75, 3.05) is 24.7 Å². The molecule has 0 bridgehead atoms. The van der Waals surface area contributed by atoms with Crippen molar-refractivity contribution in [3.05, 3.63) is 63.7 Å². The molecule has 0 radical (unpaired) electrons. The molecule has 1 aromatic carbocycles. The Bertz CT molecular complexity index is 1110. The highest BCUT2D eigenvalue weighted by Crippen LogP contribution is 2.22. The number of urea groups is 1. The Balaban J connectivity index is 1.81. The highest BCUT2D eigenvalue weighted by molar-refractivity contribution is 6.05. The number of anilines is 2. The van der Waals surface area contributed by atoms with E-state index in [1.165, 1.54) is 27.9 Å². The van der Waals surface area contributed by atoms with Crippen LogP contribution in [-0.4, -0.2) is 50.9 Å². The maximum atomic E-state index is 12.7. The maximum absolute atomic E-state index is 12.7. The molecule has 0 fully saturated rings. The Morgan fingerprint density at radius 3 is 2.52 bits per heavy atom. The first-order valence-corrected chi connectivity index (χ1v) is 8.77. The van der Waals surface area contributed by atoms with Crippen LogP contribution in [0.2, 0.25) is 0 Å². The number of carbonyl (C=O) groups is 2. The standard InChI is InChI=1S/C19H21N7O3/c1-11-5-6-13(9-15(11)22-19(29)25(3)4)21-18(28)14-10-20-26(12(14)2)16-7-8-17(27)24-23-16/h5-10H,1-4H3,(H,21,28)(H,22,29)(H,24,27). The molecule has 0 saturated heterocycles. The van der Waals surface area contributed by atoms with Gasteiger partial charge in [-0.25, -0.2) is 14.6 Å². The molecule has 0 atom stereocenters. The third-order valence-corrected chi connectivity index (χ3v) is 4.28. The lowest BCUT2D eigenvalue weighted by molar-refractivity contribution is 0.102. The quantitative estimate of drug-likeness (QED) is 0.622. The molecule has 0 saturated carbocycles. The Hall–Kier alpha value is -3.95. The summed E-state index contributed by atoms with van der Waals surface area (Å²) in [5.74, 6) is 0.0390. The van der Waals surface area contributed by atoms with Gasteiger partial charge in [0.15, 0.2) is 5.82 Å². The zero-order valence-electron chi connectivity index (χ0n) is 16.5. The highest BCUT2D eigenvalue weighted by Gasteiger charge is 2.17. The second-order valence-corrected chi connectivity index (χ2v) is 6.64. The second-order valence-electron chi connectivity index (χ2n) is 6.64. The van der Waals surface area contributed by atoms with Gasteiger partial charge in [0.05, 0.1) is 17.5 Å². The average molecular weight is 395 g/mol. The van der Waals surface area contributed by atoms with E-state index in [4.69, 9.17) is 0 Å². The number of nitrogens with zero attached hydrogens (tertiary/aromatic N) is 4. The smallest absolute Gasteiger partial charge is 0.321 e. The van der Waals surface area contributed by atoms with Gasteiger partial charge >= 0.3 is 6.03 Å². The van der Waals surface area contributed by atoms with E-state index in [2.05, 4.69) is 25.9 Å². The Morgan fingerprint density at radius 2 is 1.86 bits per heavy atom. The first kappa shape index (κ1) is 19.8. The van der Waals surface area contributed by atoms with Crippen molar-refractivity contribution in [1.82, 2.24) is 24.9 Å². The monoisotopic (exact) mass is 395 g/mol. The van der Waals surface area contributed by atoms with Crippen molar-refractivity contribution in [2.24, 2.45) is 0 Å². The zero-order valence-corrected chi connectivity index (χ0v) is 16.5. The van der Waals surface area contributed by atoms with Crippen LogP contribution in [0.3, 0.4) is 0 Å². The van der Waals surface area contributed by atoms with E-state index in [9.17, 15) is 14.4 Å². The largest absolute Gasteiger partial charge is 0.331 e. The van der Waals surface area contributed by atoms with E-state index in [1.54, 1.807) is 39.2 Å². The first-order chi connectivity index (χ1) is 13.8. The molecule has 29 heavy (non-hydrogen) atoms. The highest BCUT2D eigenvalue weighted by atomic mass is 16.2. The molecule has 150 valence electrons. The lowest BCUT2D eigenvalue weighted by Crippen LogP contribution is -2.27. The van der Waals surface area contributed by atoms with E-state index in [0.29, 0.717) is 28.5 Å². The van der Waals surface area contributed by atoms with Crippen LogP contribution in [-0.2, 0) is 0 Å². The molecule has 3 amide bonds. The van der Waals surface area contributed by atoms with Gasteiger partial charge < -0.3 is 15.5 Å². The van der Waals surface area contributed by atoms with Crippen molar-refractivity contribution in [3.63, 3.8) is 0 Å². The van der Waals surface area contributed by atoms with Crippen molar-refractivity contribution in [1.29, 1.82) is 0 Å². The van der Waals surface area contributed by atoms with Crippen molar-refractivity contribution < 1.29 is 9.59 Å². The van der Waals surface area contributed by atoms with Gasteiger partial charge in [-0.2, -0.15) is 10.2 Å². The van der Waals surface area contributed by atoms with Crippen molar-refractivity contribution in [2.45, 2.75) is 13.8 Å². The average Bonchev–Trinajstić information content (AvgIpc) is 3.06. The summed E-state index contributed by atoms with van der Waals surface area (Å²) in [4.78, 5) is 37.2. The van der Waals surface area contributed by atoms with Crippen molar-refractivity contribution >= 4 is 23.3 Å². The number of benzene rings is 1. The topological polar surface area (TPSA) is 125 Å². The predicted octanol–water partition coefficient (Wildman–Crippen LogP) is 1.92. The fourth-order valence-corrected chi connectivity index (χ4v) is 2.58. The summed E-state index contributed by atoms with van der Waals surface area (Å²) in [7, 11) is 3.29. The Morgan fingerprint density at radius 1 is 1.10 bits per heavy atom. The molecule has 3 rings (SSSR count). The molecular formula is C19H21N7O3. The molecule has 2 aromatic heterocycles. The summed E-state index contributed by atoms with van der Waals surface area (Å²) in [5, 5.41) is 16.0. The molecule has 0 aliphatic carbocycles. The van der Waals surface area contributed by atoms with Gasteiger partial charge in [-0.15, -0.1) is 0 Å². The van der Waals surface area contributed by atoms with Gasteiger partial charge in [-0.3, -0.25) is 9.59 Å². The van der Waals surface area contributed by atoms with Crippen LogP contribution in [0.25, 0.3) is 5.82 Å². The third kappa shape index (κ3) is 4.32. The minimum atomic E-state index is -0.355. The summed E-state index contributed by atoms with van der Waals surface area (Å²) >= 11 is 0. The van der Waals surface area contributed by atoms with E-state index in [-0.39, 0.29) is 17.5 Å². The zero-order chi connectivity index (χ0) is 21.1. The Labute approximate surface area is 166 Å². The first-order valence-electron chi connectivity index (χ1n) is 8.77. The van der Waals surface area contributed by atoms with Gasteiger partial charge in [0.25, 0.3) is 11.5 Å². The summed E-state index contributed by atoms with van der Waals surface area (Å²) in [6, 6.07) is 7.84. The number of aromatic nitrogens is 4. The molecule has 0 aliphatic heterocycles. The fourth-order valence-electron chi connectivity index (χ4n) is 2.58. The number of aryl methyl sites for hydroxylation is 1. The molecule has 0 unspecified atom stereocenters. The van der Waals surface area contributed by atoms with E-state index in [0.717, 1.165) is 5.56 Å². The van der Waals surface area contributed by atoms with Gasteiger partial charge in [-0.1, -0.05) is 6.07 Å². The molecule has 3 N–H and O–H groups in total. The summed E-state index contributed by atoms with van der Waals surface area (Å²) in [6.07, 6.45) is 1.43. The minimum Gasteiger partial charge on any atom is -0.331 e. The van der Waals surface area contributed by atoms with Crippen LogP contribution in [0, 0.1) is 13.8 Å². The molecule has 0 aliphatic rings. The summed E-state index contributed by atoms with van der Waals surface area (Å²) in [6.45, 7) is 3.59. The number of nitrogens with one attached hydrogen (secondary N) is 3. The second kappa shape index (κ2) is 7.97. The lowest BCUT2D eigenvalue weighted by Gasteiger charge is -2.15. The van der Waals surface area contributed by atoms with Crippen LogP contribution in [0.15, 0.2) is 41.3 Å². The fraction of sp³-hybridized carbons (Fsp3) is 0.211. The lowest BCUT2D eigenvalue weighted by atomic mass is 10.1. The van der Waals surface area contributed by atoms with Crippen LogP contribution in [0.5, 0.6) is 0 Å². The number of carbonyl (C=O) groups excluding carboxylic acids is 2. The molecular weight excluding hydrogens is 374 g/mol. The molecule has 10 nitrogen and oxygen atoms in total. The SMILES string of the molecule is Cc1ccc(NC(=O)c2cnn(-c3ccc(=O)[nH]n3)c2C)cc1NC(=O)N(C)C. The van der Waals surface area contributed by atoms with Crippen LogP contribution >= 0.6 is 0 Å². The van der Waals surface area contributed by atoms with Crippen LogP contribution in [0.4, 0.5) is 16.2 Å². The number of hydrogen-bond acceptors (Lipinski definition) is 5. The number of H-pyrrole nitrogens is 1. The number of amides is 3. The minimum absolute atomic E-state index is 0.262. The third-order valence-electron chi connectivity index (χ3n) is 4.28. The number of aromatic amines is 1. The molecule has 0 spiro atoms. The summed E-state index contributed by atoms with van der Waals surface area (Å²) in [5.41, 5.74) is 2.60. The number of rotatable bonds is 4. The molecule has 3 aromatic rings. The maximum Gasteiger partial charge on any atom is 0.321 e. The van der Waals surface area contributed by atoms with Crippen LogP contribution in [0.1, 0.15) is 21.6 Å². The predicted molar refractivity (Wildman–Crippen MR) is 109 cm³/mol. The normalized spacial score (nSPS) is 10.5. The van der Waals surface area contributed by atoms with E-state index in [1.807, 2.05) is 6.92 Å². The number of hydrogen-bond donors (Lipinski definition) is 3. The molecule has 2 heterocycles. The van der Waals surface area contributed by atoms with Gasteiger partial charge in [0.1, 0.15) is 0 Å². The van der Waals surface area contributed by atoms with E-state index < -0.39 is 0 Å². The molecule has 10 heteroatoms. The van der Waals surface area contributed by atoms with Gasteiger partial charge in [0.2, 0.25) is 0 Å². The van der Waals surface area contributed by atoms with Gasteiger partial charge in [-0.05, 0) is 37.6 Å². The summed E-state index contributed by atoms with van der Waals surface area (Å²) < 4.78 is 1.46. The van der Waals surface area contributed by atoms with Crippen LogP contribution < -0.4 is 16.2 Å². The van der Waals surface area contributed by atoms with Crippen molar-refractivity contribution in [3.8, 4) is 5.82 Å².